The largest absolute Gasteiger partial charge is 0.496 e. The molecular formula is C21H26O3. The van der Waals surface area contributed by atoms with Crippen LogP contribution >= 0.6 is 0 Å². The van der Waals surface area contributed by atoms with Crippen molar-refractivity contribution in [1.82, 2.24) is 0 Å². The van der Waals surface area contributed by atoms with Crippen molar-refractivity contribution in [2.45, 2.75) is 46.1 Å². The Morgan fingerprint density at radius 3 is 2.67 bits per heavy atom. The first-order valence-electron chi connectivity index (χ1n) is 8.95. The first-order chi connectivity index (χ1) is 11.4. The van der Waals surface area contributed by atoms with Gasteiger partial charge in [-0.2, -0.15) is 0 Å². The Hall–Kier alpha value is -1.77. The lowest BCUT2D eigenvalue weighted by atomic mass is 9.57. The van der Waals surface area contributed by atoms with Gasteiger partial charge in [0.2, 0.25) is 0 Å². The summed E-state index contributed by atoms with van der Waals surface area (Å²) in [5, 5.41) is 0. The Labute approximate surface area is 144 Å². The predicted octanol–water partition coefficient (Wildman–Crippen LogP) is 4.68. The third-order valence-electron chi connectivity index (χ3n) is 6.60. The lowest BCUT2D eigenvalue weighted by Crippen LogP contribution is -2.38. The van der Waals surface area contributed by atoms with Gasteiger partial charge in [0.15, 0.2) is 0 Å². The van der Waals surface area contributed by atoms with E-state index in [0.29, 0.717) is 0 Å². The van der Waals surface area contributed by atoms with Crippen LogP contribution in [0.3, 0.4) is 0 Å². The van der Waals surface area contributed by atoms with Gasteiger partial charge in [-0.05, 0) is 29.7 Å². The highest BCUT2D eigenvalue weighted by atomic mass is 16.6. The summed E-state index contributed by atoms with van der Waals surface area (Å²) in [6.45, 7) is 6.98. The maximum atomic E-state index is 12.6. The number of hydrogen-bond donors (Lipinski definition) is 0. The minimum atomic E-state index is -0.216. The molecule has 1 heterocycles. The van der Waals surface area contributed by atoms with E-state index in [2.05, 4.69) is 26.8 Å². The fourth-order valence-corrected chi connectivity index (χ4v) is 5.55. The average molecular weight is 326 g/mol. The highest BCUT2D eigenvalue weighted by molar-refractivity contribution is 5.79. The lowest BCUT2D eigenvalue weighted by Gasteiger charge is -2.47. The molecule has 4 atom stereocenters. The molecule has 4 rings (SSSR count). The second kappa shape index (κ2) is 5.11. The van der Waals surface area contributed by atoms with Gasteiger partial charge in [0, 0.05) is 11.5 Å². The van der Waals surface area contributed by atoms with Crippen LogP contribution in [0, 0.1) is 22.7 Å². The number of carbonyl (C=O) groups excluding carboxylic acids is 1. The number of hydrogen-bond acceptors (Lipinski definition) is 3. The van der Waals surface area contributed by atoms with E-state index in [1.165, 1.54) is 18.4 Å². The molecule has 0 bridgehead atoms. The minimum Gasteiger partial charge on any atom is -0.496 e. The van der Waals surface area contributed by atoms with Gasteiger partial charge in [0.25, 0.3) is 0 Å². The van der Waals surface area contributed by atoms with Crippen molar-refractivity contribution < 1.29 is 14.3 Å². The molecule has 3 heteroatoms. The van der Waals surface area contributed by atoms with E-state index in [0.717, 1.165) is 17.7 Å². The van der Waals surface area contributed by atoms with Gasteiger partial charge >= 0.3 is 5.97 Å². The van der Waals surface area contributed by atoms with Crippen LogP contribution in [0.1, 0.15) is 51.7 Å². The Bertz CT molecular complexity index is 718. The topological polar surface area (TPSA) is 35.5 Å². The first kappa shape index (κ1) is 15.7. The maximum absolute atomic E-state index is 12.6. The molecule has 0 N–H and O–H groups in total. The SMILES string of the molecule is COc1ccccc1[C@H]1OC(=O)[C@@H]2C=C3C(C)(C)CCC[C@]3(C)[C@H]12. The van der Waals surface area contributed by atoms with Crippen LogP contribution in [0.15, 0.2) is 35.9 Å². The highest BCUT2D eigenvalue weighted by Crippen LogP contribution is 2.66. The first-order valence-corrected chi connectivity index (χ1v) is 8.95. The fraction of sp³-hybridized carbons (Fsp3) is 0.571. The van der Waals surface area contributed by atoms with Gasteiger partial charge in [-0.3, -0.25) is 4.79 Å². The molecule has 128 valence electrons. The van der Waals surface area contributed by atoms with Gasteiger partial charge in [0.1, 0.15) is 11.9 Å². The van der Waals surface area contributed by atoms with Crippen LogP contribution in [0.2, 0.25) is 0 Å². The van der Waals surface area contributed by atoms with Crippen molar-refractivity contribution in [1.29, 1.82) is 0 Å². The zero-order chi connectivity index (χ0) is 17.1. The molecular weight excluding hydrogens is 300 g/mol. The van der Waals surface area contributed by atoms with Gasteiger partial charge in [0.05, 0.1) is 13.0 Å². The van der Waals surface area contributed by atoms with Crippen LogP contribution < -0.4 is 4.74 Å². The summed E-state index contributed by atoms with van der Waals surface area (Å²) in [5.41, 5.74) is 2.67. The molecule has 3 aliphatic rings. The van der Waals surface area contributed by atoms with Crippen LogP contribution in [-0.4, -0.2) is 13.1 Å². The molecule has 1 aromatic carbocycles. The number of esters is 1. The number of ether oxygens (including phenoxy) is 2. The van der Waals surface area contributed by atoms with Gasteiger partial charge in [-0.1, -0.05) is 57.0 Å². The normalized spacial score (nSPS) is 36.6. The number of rotatable bonds is 2. The summed E-state index contributed by atoms with van der Waals surface area (Å²) in [6, 6.07) is 7.94. The summed E-state index contributed by atoms with van der Waals surface area (Å²) < 4.78 is 11.4. The fourth-order valence-electron chi connectivity index (χ4n) is 5.55. The molecule has 0 aromatic heterocycles. The Balaban J connectivity index is 1.81. The lowest BCUT2D eigenvalue weighted by molar-refractivity contribution is -0.143. The van der Waals surface area contributed by atoms with Crippen LogP contribution in [0.25, 0.3) is 0 Å². The molecule has 1 aromatic rings. The van der Waals surface area contributed by atoms with Crippen molar-refractivity contribution >= 4 is 5.97 Å². The zero-order valence-corrected chi connectivity index (χ0v) is 15.0. The summed E-state index contributed by atoms with van der Waals surface area (Å²) in [4.78, 5) is 12.6. The second-order valence-electron chi connectivity index (χ2n) is 8.39. The average Bonchev–Trinajstić information content (AvgIpc) is 3.04. The zero-order valence-electron chi connectivity index (χ0n) is 15.0. The predicted molar refractivity (Wildman–Crippen MR) is 92.6 cm³/mol. The van der Waals surface area contributed by atoms with Crippen molar-refractivity contribution in [2.24, 2.45) is 22.7 Å². The van der Waals surface area contributed by atoms with Gasteiger partial charge in [-0.15, -0.1) is 0 Å². The van der Waals surface area contributed by atoms with E-state index < -0.39 is 0 Å². The molecule has 3 nitrogen and oxygen atoms in total. The summed E-state index contributed by atoms with van der Waals surface area (Å²) in [6.07, 6.45) is 5.55. The van der Waals surface area contributed by atoms with E-state index in [9.17, 15) is 4.79 Å². The van der Waals surface area contributed by atoms with E-state index in [4.69, 9.17) is 9.47 Å². The quantitative estimate of drug-likeness (QED) is 0.584. The number of allylic oxidation sites excluding steroid dienone is 1. The van der Waals surface area contributed by atoms with Crippen molar-refractivity contribution in [3.63, 3.8) is 0 Å². The second-order valence-corrected chi connectivity index (χ2v) is 8.39. The van der Waals surface area contributed by atoms with Crippen LogP contribution in [0.4, 0.5) is 0 Å². The Kier molecular flexibility index (Phi) is 3.35. The van der Waals surface area contributed by atoms with Crippen LogP contribution in [0.5, 0.6) is 5.75 Å². The third-order valence-corrected chi connectivity index (χ3v) is 6.60. The maximum Gasteiger partial charge on any atom is 0.313 e. The van der Waals surface area contributed by atoms with E-state index in [1.807, 2.05) is 24.3 Å². The Morgan fingerprint density at radius 2 is 1.92 bits per heavy atom. The monoisotopic (exact) mass is 326 g/mol. The van der Waals surface area contributed by atoms with Gasteiger partial charge < -0.3 is 9.47 Å². The molecule has 1 aliphatic heterocycles. The molecule has 0 spiro atoms. The molecule has 24 heavy (non-hydrogen) atoms. The van der Waals surface area contributed by atoms with Crippen molar-refractivity contribution in [3.05, 3.63) is 41.5 Å². The summed E-state index contributed by atoms with van der Waals surface area (Å²) >= 11 is 0. The number of para-hydroxylation sites is 1. The van der Waals surface area contributed by atoms with E-state index in [1.54, 1.807) is 7.11 Å². The molecule has 2 fully saturated rings. The molecule has 0 amide bonds. The number of methoxy groups -OCH3 is 1. The number of cyclic esters (lactones) is 1. The molecule has 1 saturated heterocycles. The molecule has 0 radical (unpaired) electrons. The van der Waals surface area contributed by atoms with Gasteiger partial charge in [-0.25, -0.2) is 0 Å². The number of carbonyl (C=O) groups is 1. The highest BCUT2D eigenvalue weighted by Gasteiger charge is 2.61. The molecule has 1 saturated carbocycles. The number of benzene rings is 1. The van der Waals surface area contributed by atoms with Crippen molar-refractivity contribution in [3.8, 4) is 5.75 Å². The smallest absolute Gasteiger partial charge is 0.313 e. The van der Waals surface area contributed by atoms with E-state index >= 15 is 0 Å². The van der Waals surface area contributed by atoms with E-state index in [-0.39, 0.29) is 34.7 Å². The Morgan fingerprint density at radius 1 is 1.17 bits per heavy atom. The molecule has 2 aliphatic carbocycles. The number of fused-ring (bicyclic) bond motifs is 3. The third kappa shape index (κ3) is 2.00. The summed E-state index contributed by atoms with van der Waals surface area (Å²) in [5.74, 6) is 0.797. The van der Waals surface area contributed by atoms with Crippen LogP contribution in [-0.2, 0) is 9.53 Å². The molecule has 0 unspecified atom stereocenters. The summed E-state index contributed by atoms with van der Waals surface area (Å²) in [7, 11) is 1.68. The standard InChI is InChI=1S/C21H26O3/c1-20(2)10-7-11-21(3)16(20)12-14-17(21)18(24-19(14)22)13-8-5-6-9-15(13)23-4/h5-6,8-9,12,14,17-18H,7,10-11H2,1-4H3/t14-,17+,18-,21+/m1/s1. The van der Waals surface area contributed by atoms with Crippen molar-refractivity contribution in [2.75, 3.05) is 7.11 Å². The minimum absolute atomic E-state index is 0.0318.